The van der Waals surface area contributed by atoms with Crippen LogP contribution in [0.15, 0.2) is 36.7 Å². The molecule has 0 unspecified atom stereocenters. The molecule has 0 aliphatic carbocycles. The van der Waals surface area contributed by atoms with E-state index in [2.05, 4.69) is 75.6 Å². The van der Waals surface area contributed by atoms with Crippen molar-refractivity contribution in [1.29, 1.82) is 0 Å². The van der Waals surface area contributed by atoms with Crippen molar-refractivity contribution in [1.82, 2.24) is 9.55 Å². The molecule has 90 valence electrons. The lowest BCUT2D eigenvalue weighted by molar-refractivity contribution is 0.527. The Morgan fingerprint density at radius 1 is 1.29 bits per heavy atom. The number of nitrogens with zero attached hydrogens (tertiary/aromatic N) is 2. The monoisotopic (exact) mass is 341 g/mol. The quantitative estimate of drug-likeness (QED) is 0.855. The Morgan fingerprint density at radius 3 is 2.65 bits per heavy atom. The molecule has 0 saturated heterocycles. The third-order valence-corrected chi connectivity index (χ3v) is 3.10. The van der Waals surface area contributed by atoms with Crippen molar-refractivity contribution in [3.05, 3.63) is 40.2 Å². The van der Waals surface area contributed by atoms with Crippen LogP contribution in [0.3, 0.4) is 0 Å². The summed E-state index contributed by atoms with van der Waals surface area (Å²) in [6.07, 6.45) is 3.84. The summed E-state index contributed by atoms with van der Waals surface area (Å²) in [4.78, 5) is 4.34. The van der Waals surface area contributed by atoms with Gasteiger partial charge in [0.25, 0.3) is 0 Å². The van der Waals surface area contributed by atoms with Gasteiger partial charge in [0.2, 0.25) is 5.95 Å². The fraction of sp³-hybridized carbons (Fsp3) is 0.308. The Bertz CT molecular complexity index is 474. The molecule has 0 radical (unpaired) electrons. The lowest BCUT2D eigenvalue weighted by Gasteiger charge is -2.11. The van der Waals surface area contributed by atoms with Gasteiger partial charge < -0.3 is 9.88 Å². The molecule has 0 aliphatic heterocycles. The standard InChI is InChI=1S/C13H16IN3/c1-10(2)9-17-8-7-15-13(17)16-12-5-3-11(14)4-6-12/h3-8,10H,9H2,1-2H3,(H,15,16). The number of hydrogen-bond acceptors (Lipinski definition) is 2. The van der Waals surface area contributed by atoms with Crippen LogP contribution in [0, 0.1) is 9.49 Å². The molecule has 1 N–H and O–H groups in total. The van der Waals surface area contributed by atoms with E-state index in [-0.39, 0.29) is 0 Å². The molecule has 0 saturated carbocycles. The highest BCUT2D eigenvalue weighted by atomic mass is 127. The lowest BCUT2D eigenvalue weighted by atomic mass is 10.2. The maximum Gasteiger partial charge on any atom is 0.207 e. The minimum Gasteiger partial charge on any atom is -0.326 e. The number of hydrogen-bond donors (Lipinski definition) is 1. The highest BCUT2D eigenvalue weighted by molar-refractivity contribution is 14.1. The molecular weight excluding hydrogens is 325 g/mol. The van der Waals surface area contributed by atoms with Gasteiger partial charge in [-0.2, -0.15) is 0 Å². The van der Waals surface area contributed by atoms with Gasteiger partial charge in [-0.3, -0.25) is 0 Å². The van der Waals surface area contributed by atoms with Crippen LogP contribution in [0.5, 0.6) is 0 Å². The molecule has 2 aromatic rings. The SMILES string of the molecule is CC(C)Cn1ccnc1Nc1ccc(I)cc1. The summed E-state index contributed by atoms with van der Waals surface area (Å²) in [5, 5.41) is 3.33. The van der Waals surface area contributed by atoms with E-state index < -0.39 is 0 Å². The highest BCUT2D eigenvalue weighted by Crippen LogP contribution is 2.17. The van der Waals surface area contributed by atoms with Gasteiger partial charge in [-0.1, -0.05) is 13.8 Å². The minimum absolute atomic E-state index is 0.612. The maximum atomic E-state index is 4.34. The summed E-state index contributed by atoms with van der Waals surface area (Å²) >= 11 is 2.30. The molecule has 0 fully saturated rings. The van der Waals surface area contributed by atoms with E-state index in [0.29, 0.717) is 5.92 Å². The fourth-order valence-electron chi connectivity index (χ4n) is 1.64. The van der Waals surface area contributed by atoms with E-state index in [1.54, 1.807) is 0 Å². The van der Waals surface area contributed by atoms with Gasteiger partial charge in [-0.05, 0) is 52.8 Å². The lowest BCUT2D eigenvalue weighted by Crippen LogP contribution is -2.07. The molecule has 2 rings (SSSR count). The van der Waals surface area contributed by atoms with E-state index in [4.69, 9.17) is 0 Å². The largest absolute Gasteiger partial charge is 0.326 e. The van der Waals surface area contributed by atoms with E-state index in [0.717, 1.165) is 18.2 Å². The summed E-state index contributed by atoms with van der Waals surface area (Å²) < 4.78 is 3.38. The Morgan fingerprint density at radius 2 is 2.00 bits per heavy atom. The van der Waals surface area contributed by atoms with Crippen molar-refractivity contribution >= 4 is 34.2 Å². The number of aromatic nitrogens is 2. The van der Waals surface area contributed by atoms with Crippen LogP contribution in [0.4, 0.5) is 11.6 Å². The van der Waals surface area contributed by atoms with Crippen molar-refractivity contribution in [2.75, 3.05) is 5.32 Å². The Labute approximate surface area is 115 Å². The summed E-state index contributed by atoms with van der Waals surface area (Å²) in [6, 6.07) is 8.30. The Balaban J connectivity index is 2.13. The topological polar surface area (TPSA) is 29.9 Å². The molecule has 0 aliphatic rings. The van der Waals surface area contributed by atoms with Crippen LogP contribution < -0.4 is 5.32 Å². The van der Waals surface area contributed by atoms with Crippen LogP contribution in [-0.4, -0.2) is 9.55 Å². The molecular formula is C13H16IN3. The molecule has 0 amide bonds. The number of anilines is 2. The minimum atomic E-state index is 0.612. The van der Waals surface area contributed by atoms with Gasteiger partial charge in [0.05, 0.1) is 0 Å². The van der Waals surface area contributed by atoms with Gasteiger partial charge >= 0.3 is 0 Å². The summed E-state index contributed by atoms with van der Waals surface area (Å²) in [5.41, 5.74) is 1.07. The Hall–Kier alpha value is -1.04. The predicted octanol–water partition coefficient (Wildman–Crippen LogP) is 3.89. The van der Waals surface area contributed by atoms with Gasteiger partial charge in [-0.15, -0.1) is 0 Å². The first-order valence-electron chi connectivity index (χ1n) is 5.69. The summed E-state index contributed by atoms with van der Waals surface area (Å²) in [7, 11) is 0. The molecule has 3 nitrogen and oxygen atoms in total. The number of benzene rings is 1. The van der Waals surface area contributed by atoms with Gasteiger partial charge in [0, 0.05) is 28.2 Å². The number of halogens is 1. The fourth-order valence-corrected chi connectivity index (χ4v) is 2.00. The molecule has 4 heteroatoms. The molecule has 17 heavy (non-hydrogen) atoms. The summed E-state index contributed by atoms with van der Waals surface area (Å²) in [6.45, 7) is 5.38. The third-order valence-electron chi connectivity index (χ3n) is 2.38. The van der Waals surface area contributed by atoms with Crippen molar-refractivity contribution < 1.29 is 0 Å². The first-order valence-corrected chi connectivity index (χ1v) is 6.77. The molecule has 0 bridgehead atoms. The zero-order valence-corrected chi connectivity index (χ0v) is 12.2. The smallest absolute Gasteiger partial charge is 0.207 e. The Kier molecular flexibility index (Phi) is 4.04. The molecule has 0 spiro atoms. The number of rotatable bonds is 4. The molecule has 1 aromatic carbocycles. The van der Waals surface area contributed by atoms with Gasteiger partial charge in [0.15, 0.2) is 0 Å². The normalized spacial score (nSPS) is 10.8. The first kappa shape index (κ1) is 12.4. The van der Waals surface area contributed by atoms with Crippen LogP contribution in [0.25, 0.3) is 0 Å². The average molecular weight is 341 g/mol. The second kappa shape index (κ2) is 5.53. The maximum absolute atomic E-state index is 4.34. The second-order valence-electron chi connectivity index (χ2n) is 4.43. The van der Waals surface area contributed by atoms with E-state index in [1.165, 1.54) is 3.57 Å². The average Bonchev–Trinajstić information content (AvgIpc) is 2.68. The van der Waals surface area contributed by atoms with Crippen LogP contribution in [0.1, 0.15) is 13.8 Å². The van der Waals surface area contributed by atoms with E-state index in [1.807, 2.05) is 12.4 Å². The highest BCUT2D eigenvalue weighted by Gasteiger charge is 2.04. The molecule has 1 heterocycles. The zero-order valence-electron chi connectivity index (χ0n) is 10.0. The van der Waals surface area contributed by atoms with Crippen LogP contribution >= 0.6 is 22.6 Å². The van der Waals surface area contributed by atoms with Crippen molar-refractivity contribution in [2.24, 2.45) is 5.92 Å². The number of nitrogens with one attached hydrogen (secondary N) is 1. The zero-order chi connectivity index (χ0) is 12.3. The predicted molar refractivity (Wildman–Crippen MR) is 79.5 cm³/mol. The van der Waals surface area contributed by atoms with Crippen molar-refractivity contribution in [2.45, 2.75) is 20.4 Å². The van der Waals surface area contributed by atoms with Crippen molar-refractivity contribution in [3.8, 4) is 0 Å². The third kappa shape index (κ3) is 3.46. The van der Waals surface area contributed by atoms with Crippen LogP contribution in [0.2, 0.25) is 0 Å². The summed E-state index contributed by atoms with van der Waals surface area (Å²) in [5.74, 6) is 1.52. The first-order chi connectivity index (χ1) is 8.15. The molecule has 1 aromatic heterocycles. The second-order valence-corrected chi connectivity index (χ2v) is 5.67. The van der Waals surface area contributed by atoms with Crippen molar-refractivity contribution in [3.63, 3.8) is 0 Å². The van der Waals surface area contributed by atoms with Crippen LogP contribution in [-0.2, 0) is 6.54 Å². The molecule has 0 atom stereocenters. The van der Waals surface area contributed by atoms with Gasteiger partial charge in [0.1, 0.15) is 0 Å². The van der Waals surface area contributed by atoms with E-state index in [9.17, 15) is 0 Å². The van der Waals surface area contributed by atoms with Gasteiger partial charge in [-0.25, -0.2) is 4.98 Å². The van der Waals surface area contributed by atoms with E-state index >= 15 is 0 Å². The number of imidazole rings is 1.